The number of esters is 1. The largest absolute Gasteiger partial charge is 0.497 e. The number of carbonyl (C=O) groups excluding carboxylic acids is 1. The molecular formula is C15H14ClNO3. The lowest BCUT2D eigenvalue weighted by Crippen LogP contribution is -2.07. The van der Waals surface area contributed by atoms with Gasteiger partial charge in [-0.3, -0.25) is 0 Å². The number of methoxy groups -OCH3 is 1. The molecule has 104 valence electrons. The minimum Gasteiger partial charge on any atom is -0.497 e. The van der Waals surface area contributed by atoms with Crippen LogP contribution in [0.4, 0.5) is 5.69 Å². The van der Waals surface area contributed by atoms with Crippen LogP contribution in [0.2, 0.25) is 5.02 Å². The average Bonchev–Trinajstić information content (AvgIpc) is 2.48. The molecule has 0 fully saturated rings. The predicted octanol–water partition coefficient (Wildman–Crippen LogP) is 3.29. The van der Waals surface area contributed by atoms with Crippen LogP contribution in [0, 0.1) is 0 Å². The number of benzene rings is 2. The van der Waals surface area contributed by atoms with Gasteiger partial charge in [0.15, 0.2) is 0 Å². The van der Waals surface area contributed by atoms with Crippen molar-refractivity contribution in [1.29, 1.82) is 0 Å². The van der Waals surface area contributed by atoms with Crippen molar-refractivity contribution in [3.63, 3.8) is 0 Å². The summed E-state index contributed by atoms with van der Waals surface area (Å²) < 4.78 is 10.3. The molecule has 4 nitrogen and oxygen atoms in total. The van der Waals surface area contributed by atoms with Crippen LogP contribution in [0.1, 0.15) is 15.9 Å². The van der Waals surface area contributed by atoms with E-state index in [1.165, 1.54) is 13.2 Å². The van der Waals surface area contributed by atoms with Crippen molar-refractivity contribution >= 4 is 23.3 Å². The maximum Gasteiger partial charge on any atom is 0.340 e. The van der Waals surface area contributed by atoms with Gasteiger partial charge in [-0.25, -0.2) is 4.79 Å². The van der Waals surface area contributed by atoms with E-state index in [2.05, 4.69) is 0 Å². The van der Waals surface area contributed by atoms with E-state index in [-0.39, 0.29) is 22.9 Å². The van der Waals surface area contributed by atoms with E-state index >= 15 is 0 Å². The first-order valence-corrected chi connectivity index (χ1v) is 6.33. The zero-order chi connectivity index (χ0) is 14.5. The number of carbonyl (C=O) groups is 1. The molecule has 0 spiro atoms. The lowest BCUT2D eigenvalue weighted by molar-refractivity contribution is 0.0472. The number of rotatable bonds is 4. The highest BCUT2D eigenvalue weighted by Crippen LogP contribution is 2.29. The molecule has 2 aromatic rings. The Morgan fingerprint density at radius 2 is 1.95 bits per heavy atom. The number of nitrogen functional groups attached to an aromatic ring is 1. The molecule has 0 unspecified atom stereocenters. The van der Waals surface area contributed by atoms with Crippen LogP contribution < -0.4 is 10.5 Å². The van der Waals surface area contributed by atoms with Crippen LogP contribution in [0.5, 0.6) is 5.75 Å². The number of anilines is 1. The molecule has 2 aromatic carbocycles. The van der Waals surface area contributed by atoms with Crippen molar-refractivity contribution in [2.75, 3.05) is 12.8 Å². The Hall–Kier alpha value is -2.20. The fourth-order valence-electron chi connectivity index (χ4n) is 1.69. The topological polar surface area (TPSA) is 61.5 Å². The Balaban J connectivity index is 2.15. The highest BCUT2D eigenvalue weighted by atomic mass is 35.5. The van der Waals surface area contributed by atoms with Gasteiger partial charge < -0.3 is 15.2 Å². The van der Waals surface area contributed by atoms with E-state index in [9.17, 15) is 4.79 Å². The first-order chi connectivity index (χ1) is 9.61. The van der Waals surface area contributed by atoms with E-state index in [4.69, 9.17) is 26.8 Å². The Morgan fingerprint density at radius 3 is 2.60 bits per heavy atom. The SMILES string of the molecule is COc1cc(N)c(Cl)c(C(=O)OCc2ccccc2)c1. The van der Waals surface area contributed by atoms with Gasteiger partial charge in [0.25, 0.3) is 0 Å². The van der Waals surface area contributed by atoms with E-state index < -0.39 is 5.97 Å². The Kier molecular flexibility index (Phi) is 4.48. The third-order valence-corrected chi connectivity index (χ3v) is 3.16. The summed E-state index contributed by atoms with van der Waals surface area (Å²) in [7, 11) is 1.49. The molecule has 0 atom stereocenters. The molecule has 0 aromatic heterocycles. The lowest BCUT2D eigenvalue weighted by atomic mass is 10.2. The molecule has 0 saturated carbocycles. The highest BCUT2D eigenvalue weighted by molar-refractivity contribution is 6.36. The molecule has 0 radical (unpaired) electrons. The molecule has 5 heteroatoms. The summed E-state index contributed by atoms with van der Waals surface area (Å²) >= 11 is 6.02. The minimum absolute atomic E-state index is 0.170. The van der Waals surface area contributed by atoms with Gasteiger partial charge in [0.05, 0.1) is 23.4 Å². The van der Waals surface area contributed by atoms with Gasteiger partial charge in [0, 0.05) is 6.07 Å². The maximum absolute atomic E-state index is 12.0. The third-order valence-electron chi connectivity index (χ3n) is 2.74. The van der Waals surface area contributed by atoms with Crippen molar-refractivity contribution in [2.24, 2.45) is 0 Å². The van der Waals surface area contributed by atoms with Crippen LogP contribution in [0.3, 0.4) is 0 Å². The Morgan fingerprint density at radius 1 is 1.25 bits per heavy atom. The molecule has 0 aliphatic heterocycles. The van der Waals surface area contributed by atoms with Crippen molar-refractivity contribution in [3.05, 3.63) is 58.6 Å². The first-order valence-electron chi connectivity index (χ1n) is 5.96. The summed E-state index contributed by atoms with van der Waals surface area (Å²) in [5.74, 6) is -0.0805. The molecule has 0 heterocycles. The molecule has 0 bridgehead atoms. The average molecular weight is 292 g/mol. The van der Waals surface area contributed by atoms with Gasteiger partial charge >= 0.3 is 5.97 Å². The van der Waals surface area contributed by atoms with Crippen molar-refractivity contribution in [3.8, 4) is 5.75 Å². The van der Waals surface area contributed by atoms with E-state index in [0.29, 0.717) is 5.75 Å². The first kappa shape index (κ1) is 14.2. The summed E-state index contributed by atoms with van der Waals surface area (Å²) in [6.07, 6.45) is 0. The second-order valence-electron chi connectivity index (χ2n) is 4.14. The quantitative estimate of drug-likeness (QED) is 0.693. The van der Waals surface area contributed by atoms with Gasteiger partial charge in [-0.15, -0.1) is 0 Å². The van der Waals surface area contributed by atoms with Crippen LogP contribution in [-0.4, -0.2) is 13.1 Å². The summed E-state index contributed by atoms with van der Waals surface area (Å²) in [4.78, 5) is 12.0. The fraction of sp³-hybridized carbons (Fsp3) is 0.133. The van der Waals surface area contributed by atoms with Gasteiger partial charge in [0.1, 0.15) is 12.4 Å². The number of hydrogen-bond acceptors (Lipinski definition) is 4. The van der Waals surface area contributed by atoms with Crippen LogP contribution in [0.15, 0.2) is 42.5 Å². The number of hydrogen-bond donors (Lipinski definition) is 1. The molecule has 0 saturated heterocycles. The molecule has 2 N–H and O–H groups in total. The molecular weight excluding hydrogens is 278 g/mol. The standard InChI is InChI=1S/C15H14ClNO3/c1-19-11-7-12(14(16)13(17)8-11)15(18)20-9-10-5-3-2-4-6-10/h2-8H,9,17H2,1H3. The van der Waals surface area contributed by atoms with Crippen molar-refractivity contribution < 1.29 is 14.3 Å². The van der Waals surface area contributed by atoms with E-state index in [1.54, 1.807) is 6.07 Å². The summed E-state index contributed by atoms with van der Waals surface area (Å²) in [5.41, 5.74) is 7.09. The molecule has 0 aliphatic rings. The van der Waals surface area contributed by atoms with Crippen LogP contribution in [-0.2, 0) is 11.3 Å². The lowest BCUT2D eigenvalue weighted by Gasteiger charge is -2.10. The second kappa shape index (κ2) is 6.30. The highest BCUT2D eigenvalue weighted by Gasteiger charge is 2.16. The van der Waals surface area contributed by atoms with Crippen molar-refractivity contribution in [2.45, 2.75) is 6.61 Å². The number of nitrogens with two attached hydrogens (primary N) is 1. The maximum atomic E-state index is 12.0. The van der Waals surface area contributed by atoms with Crippen molar-refractivity contribution in [1.82, 2.24) is 0 Å². The van der Waals surface area contributed by atoms with E-state index in [0.717, 1.165) is 5.56 Å². The molecule has 2 rings (SSSR count). The van der Waals surface area contributed by atoms with Gasteiger partial charge in [-0.2, -0.15) is 0 Å². The normalized spacial score (nSPS) is 10.1. The van der Waals surface area contributed by atoms with Gasteiger partial charge in [-0.1, -0.05) is 41.9 Å². The number of halogens is 1. The zero-order valence-corrected chi connectivity index (χ0v) is 11.7. The molecule has 20 heavy (non-hydrogen) atoms. The smallest absolute Gasteiger partial charge is 0.340 e. The predicted molar refractivity (Wildman–Crippen MR) is 78.0 cm³/mol. The molecule has 0 aliphatic carbocycles. The fourth-order valence-corrected chi connectivity index (χ4v) is 1.87. The summed E-state index contributed by atoms with van der Waals surface area (Å²) in [6.45, 7) is 0.174. The minimum atomic E-state index is -0.538. The summed E-state index contributed by atoms with van der Waals surface area (Å²) in [6, 6.07) is 12.4. The Labute approximate surface area is 122 Å². The summed E-state index contributed by atoms with van der Waals surface area (Å²) in [5, 5.41) is 0.170. The van der Waals surface area contributed by atoms with E-state index in [1.807, 2.05) is 30.3 Å². The third kappa shape index (κ3) is 3.22. The zero-order valence-electron chi connectivity index (χ0n) is 10.9. The Bertz CT molecular complexity index is 614. The van der Waals surface area contributed by atoms with Crippen LogP contribution in [0.25, 0.3) is 0 Å². The number of ether oxygens (including phenoxy) is 2. The van der Waals surface area contributed by atoms with Gasteiger partial charge in [-0.05, 0) is 11.6 Å². The molecule has 0 amide bonds. The monoisotopic (exact) mass is 291 g/mol. The second-order valence-corrected chi connectivity index (χ2v) is 4.52. The van der Waals surface area contributed by atoms with Crippen LogP contribution >= 0.6 is 11.6 Å². The van der Waals surface area contributed by atoms with Gasteiger partial charge in [0.2, 0.25) is 0 Å².